The molecule has 5 nitrogen and oxygen atoms in total. The normalized spacial score (nSPS) is 11.6. The van der Waals surface area contributed by atoms with Crippen molar-refractivity contribution in [1.82, 2.24) is 15.0 Å². The Morgan fingerprint density at radius 2 is 2.13 bits per heavy atom. The van der Waals surface area contributed by atoms with Crippen molar-refractivity contribution in [3.05, 3.63) is 17.4 Å². The van der Waals surface area contributed by atoms with E-state index in [0.29, 0.717) is 17.3 Å². The minimum Gasteiger partial charge on any atom is -0.443 e. The molecule has 0 aliphatic heterocycles. The van der Waals surface area contributed by atoms with Crippen LogP contribution in [0.4, 0.5) is 5.95 Å². The quantitative estimate of drug-likeness (QED) is 0.583. The number of fused-ring (bicyclic) bond motifs is 2. The molecular formula is C10H10N4O. The van der Waals surface area contributed by atoms with Crippen molar-refractivity contribution in [2.24, 2.45) is 0 Å². The third-order valence-corrected chi connectivity index (χ3v) is 2.53. The largest absolute Gasteiger partial charge is 0.443 e. The third kappa shape index (κ3) is 1.03. The van der Waals surface area contributed by atoms with Crippen molar-refractivity contribution in [2.45, 2.75) is 13.8 Å². The third-order valence-electron chi connectivity index (χ3n) is 2.53. The lowest BCUT2D eigenvalue weighted by atomic mass is 10.2. The zero-order valence-electron chi connectivity index (χ0n) is 8.46. The number of rotatable bonds is 0. The molecule has 3 aromatic heterocycles. The zero-order chi connectivity index (χ0) is 10.6. The molecule has 0 radical (unpaired) electrons. The molecule has 0 aromatic carbocycles. The van der Waals surface area contributed by atoms with Crippen LogP contribution in [0.3, 0.4) is 0 Å². The number of pyridine rings is 1. The smallest absolute Gasteiger partial charge is 0.228 e. The van der Waals surface area contributed by atoms with Crippen molar-refractivity contribution < 1.29 is 4.42 Å². The summed E-state index contributed by atoms with van der Waals surface area (Å²) >= 11 is 0. The number of aryl methyl sites for hydroxylation is 2. The summed E-state index contributed by atoms with van der Waals surface area (Å²) in [6.07, 6.45) is 0. The van der Waals surface area contributed by atoms with E-state index >= 15 is 0 Å². The minimum absolute atomic E-state index is 0.380. The highest BCUT2D eigenvalue weighted by Crippen LogP contribution is 2.26. The standard InChI is InChI=1S/C10H10N4O/c1-4-3-6-5(2)7-8(13-9(6)15-4)14-10(11)12-7/h3H,1-2H3,(H3,11,12,13,14). The minimum atomic E-state index is 0.380. The Balaban J connectivity index is 2.56. The topological polar surface area (TPSA) is 80.7 Å². The van der Waals surface area contributed by atoms with Gasteiger partial charge in [0.15, 0.2) is 11.6 Å². The summed E-state index contributed by atoms with van der Waals surface area (Å²) in [6, 6.07) is 1.97. The van der Waals surface area contributed by atoms with Gasteiger partial charge in [0.05, 0.1) is 5.52 Å². The molecule has 0 aliphatic carbocycles. The monoisotopic (exact) mass is 202 g/mol. The fourth-order valence-electron chi connectivity index (χ4n) is 1.81. The molecule has 3 heterocycles. The van der Waals surface area contributed by atoms with E-state index in [1.165, 1.54) is 0 Å². The lowest BCUT2D eigenvalue weighted by Crippen LogP contribution is -1.84. The van der Waals surface area contributed by atoms with Crippen molar-refractivity contribution in [2.75, 3.05) is 5.73 Å². The molecule has 3 N–H and O–H groups in total. The van der Waals surface area contributed by atoms with Gasteiger partial charge in [0.2, 0.25) is 5.71 Å². The highest BCUT2D eigenvalue weighted by atomic mass is 16.3. The predicted octanol–water partition coefficient (Wildman–Crippen LogP) is 1.90. The summed E-state index contributed by atoms with van der Waals surface area (Å²) in [5, 5.41) is 1.00. The fourth-order valence-corrected chi connectivity index (χ4v) is 1.81. The van der Waals surface area contributed by atoms with E-state index in [2.05, 4.69) is 15.0 Å². The SMILES string of the molecule is Cc1cc2c(C)c3[nH]c(N)nc3nc2o1. The van der Waals surface area contributed by atoms with Crippen LogP contribution in [-0.2, 0) is 0 Å². The Morgan fingerprint density at radius 1 is 1.33 bits per heavy atom. The van der Waals surface area contributed by atoms with Gasteiger partial charge in [-0.15, -0.1) is 0 Å². The van der Waals surface area contributed by atoms with Crippen LogP contribution in [0.25, 0.3) is 22.3 Å². The van der Waals surface area contributed by atoms with Gasteiger partial charge in [-0.2, -0.15) is 9.97 Å². The molecule has 0 fully saturated rings. The number of nitrogens with zero attached hydrogens (tertiary/aromatic N) is 2. The Kier molecular flexibility index (Phi) is 1.38. The summed E-state index contributed by atoms with van der Waals surface area (Å²) in [5.74, 6) is 1.23. The number of anilines is 1. The number of nitrogens with two attached hydrogens (primary N) is 1. The fraction of sp³-hybridized carbons (Fsp3) is 0.200. The van der Waals surface area contributed by atoms with E-state index in [1.54, 1.807) is 0 Å². The first-order chi connectivity index (χ1) is 7.15. The second-order valence-electron chi connectivity index (χ2n) is 3.63. The Hall–Kier alpha value is -2.04. The van der Waals surface area contributed by atoms with Crippen molar-refractivity contribution in [1.29, 1.82) is 0 Å². The molecule has 0 saturated carbocycles. The van der Waals surface area contributed by atoms with Crippen LogP contribution in [-0.4, -0.2) is 15.0 Å². The van der Waals surface area contributed by atoms with E-state index in [4.69, 9.17) is 10.2 Å². The maximum Gasteiger partial charge on any atom is 0.228 e. The van der Waals surface area contributed by atoms with Gasteiger partial charge in [-0.3, -0.25) is 0 Å². The molecule has 3 rings (SSSR count). The van der Waals surface area contributed by atoms with E-state index < -0.39 is 0 Å². The molecule has 0 aliphatic rings. The molecule has 0 unspecified atom stereocenters. The summed E-state index contributed by atoms with van der Waals surface area (Å²) in [7, 11) is 0. The number of H-pyrrole nitrogens is 1. The van der Waals surface area contributed by atoms with E-state index in [1.807, 2.05) is 19.9 Å². The van der Waals surface area contributed by atoms with Crippen molar-refractivity contribution in [3.8, 4) is 0 Å². The molecule has 0 amide bonds. The lowest BCUT2D eigenvalue weighted by molar-refractivity contribution is 0.568. The highest BCUT2D eigenvalue weighted by Gasteiger charge is 2.12. The first-order valence-electron chi connectivity index (χ1n) is 4.67. The van der Waals surface area contributed by atoms with Crippen LogP contribution in [0.15, 0.2) is 10.5 Å². The van der Waals surface area contributed by atoms with Gasteiger partial charge in [0.25, 0.3) is 0 Å². The number of imidazole rings is 1. The van der Waals surface area contributed by atoms with Gasteiger partial charge in [0.1, 0.15) is 5.76 Å². The average molecular weight is 202 g/mol. The number of nitrogen functional groups attached to an aromatic ring is 1. The van der Waals surface area contributed by atoms with Gasteiger partial charge in [0, 0.05) is 5.39 Å². The number of hydrogen-bond donors (Lipinski definition) is 2. The Bertz CT molecular complexity index is 610. The van der Waals surface area contributed by atoms with Gasteiger partial charge in [-0.25, -0.2) is 0 Å². The van der Waals surface area contributed by atoms with Gasteiger partial charge >= 0.3 is 0 Å². The van der Waals surface area contributed by atoms with E-state index in [0.717, 1.165) is 22.2 Å². The Morgan fingerprint density at radius 3 is 2.93 bits per heavy atom. The van der Waals surface area contributed by atoms with Crippen molar-refractivity contribution >= 4 is 28.2 Å². The van der Waals surface area contributed by atoms with Crippen LogP contribution < -0.4 is 5.73 Å². The summed E-state index contributed by atoms with van der Waals surface area (Å²) in [5.41, 5.74) is 8.74. The molecule has 5 heteroatoms. The molecule has 3 aromatic rings. The number of nitrogens with one attached hydrogen (secondary N) is 1. The van der Waals surface area contributed by atoms with Crippen LogP contribution in [0, 0.1) is 13.8 Å². The lowest BCUT2D eigenvalue weighted by Gasteiger charge is -1.94. The molecule has 0 saturated heterocycles. The highest BCUT2D eigenvalue weighted by molar-refractivity contribution is 5.92. The summed E-state index contributed by atoms with van der Waals surface area (Å²) in [4.78, 5) is 11.4. The van der Waals surface area contributed by atoms with E-state index in [-0.39, 0.29) is 0 Å². The predicted molar refractivity (Wildman–Crippen MR) is 57.5 cm³/mol. The second-order valence-corrected chi connectivity index (χ2v) is 3.63. The van der Waals surface area contributed by atoms with Crippen LogP contribution >= 0.6 is 0 Å². The van der Waals surface area contributed by atoms with Gasteiger partial charge < -0.3 is 15.1 Å². The van der Waals surface area contributed by atoms with E-state index in [9.17, 15) is 0 Å². The molecule has 0 atom stereocenters. The number of hydrogen-bond acceptors (Lipinski definition) is 4. The summed E-state index contributed by atoms with van der Waals surface area (Å²) < 4.78 is 5.46. The molecule has 15 heavy (non-hydrogen) atoms. The molecule has 76 valence electrons. The number of aromatic nitrogens is 3. The Labute approximate surface area is 85.3 Å². The maximum atomic E-state index is 5.58. The van der Waals surface area contributed by atoms with Crippen LogP contribution in [0.1, 0.15) is 11.3 Å². The second kappa shape index (κ2) is 2.50. The first kappa shape index (κ1) is 8.28. The first-order valence-corrected chi connectivity index (χ1v) is 4.67. The van der Waals surface area contributed by atoms with Gasteiger partial charge in [-0.1, -0.05) is 0 Å². The zero-order valence-corrected chi connectivity index (χ0v) is 8.46. The molecule has 0 bridgehead atoms. The average Bonchev–Trinajstić information content (AvgIpc) is 2.69. The molecular weight excluding hydrogens is 192 g/mol. The van der Waals surface area contributed by atoms with Crippen LogP contribution in [0.5, 0.6) is 0 Å². The molecule has 0 spiro atoms. The number of furan rings is 1. The van der Waals surface area contributed by atoms with Gasteiger partial charge in [-0.05, 0) is 25.5 Å². The van der Waals surface area contributed by atoms with Crippen LogP contribution in [0.2, 0.25) is 0 Å². The maximum absolute atomic E-state index is 5.58. The van der Waals surface area contributed by atoms with Crippen molar-refractivity contribution in [3.63, 3.8) is 0 Å². The summed E-state index contributed by atoms with van der Waals surface area (Å²) in [6.45, 7) is 3.90. The number of aromatic amines is 1.